The van der Waals surface area contributed by atoms with Crippen LogP contribution in [0.3, 0.4) is 0 Å². The summed E-state index contributed by atoms with van der Waals surface area (Å²) in [5, 5.41) is 0. The van der Waals surface area contributed by atoms with Gasteiger partial charge in [0.25, 0.3) is 0 Å². The van der Waals surface area contributed by atoms with Crippen LogP contribution in [-0.4, -0.2) is 7.11 Å². The van der Waals surface area contributed by atoms with Crippen molar-refractivity contribution in [1.82, 2.24) is 0 Å². The minimum absolute atomic E-state index is 0.312. The Morgan fingerprint density at radius 3 is 2.33 bits per heavy atom. The molecule has 1 saturated carbocycles. The van der Waals surface area contributed by atoms with Crippen LogP contribution >= 0.6 is 0 Å². The van der Waals surface area contributed by atoms with E-state index in [1.165, 1.54) is 37.7 Å². The predicted molar refractivity (Wildman–Crippen MR) is 62.8 cm³/mol. The maximum atomic E-state index is 5.68. The second kappa shape index (κ2) is 5.32. The first-order valence-electron chi connectivity index (χ1n) is 5.99. The fourth-order valence-electron chi connectivity index (χ4n) is 2.68. The first-order valence-corrected chi connectivity index (χ1v) is 5.99. The third kappa shape index (κ3) is 2.60. The van der Waals surface area contributed by atoms with E-state index in [1.54, 1.807) is 0 Å². The largest absolute Gasteiger partial charge is 0.376 e. The molecule has 1 nitrogen and oxygen atoms in total. The topological polar surface area (TPSA) is 9.23 Å². The Morgan fingerprint density at radius 2 is 1.73 bits per heavy atom. The Morgan fingerprint density at radius 1 is 1.07 bits per heavy atom. The van der Waals surface area contributed by atoms with Gasteiger partial charge in [0.2, 0.25) is 0 Å². The molecule has 1 aliphatic rings. The van der Waals surface area contributed by atoms with Crippen LogP contribution in [0.2, 0.25) is 0 Å². The van der Waals surface area contributed by atoms with E-state index in [4.69, 9.17) is 4.74 Å². The van der Waals surface area contributed by atoms with E-state index >= 15 is 0 Å². The smallest absolute Gasteiger partial charge is 0.0849 e. The van der Waals surface area contributed by atoms with Gasteiger partial charge in [0.1, 0.15) is 0 Å². The van der Waals surface area contributed by atoms with Gasteiger partial charge in [-0.3, -0.25) is 0 Å². The molecule has 1 aromatic rings. The molecule has 0 saturated heterocycles. The van der Waals surface area contributed by atoms with Crippen molar-refractivity contribution in [3.63, 3.8) is 0 Å². The normalized spacial score (nSPS) is 20.1. The van der Waals surface area contributed by atoms with Crippen molar-refractivity contribution >= 4 is 0 Å². The summed E-state index contributed by atoms with van der Waals surface area (Å²) in [5.74, 6) is 0.728. The summed E-state index contributed by atoms with van der Waals surface area (Å²) in [4.78, 5) is 0. The SMILES string of the molecule is CO[C@H](c1ccccc1)C1CCCCC1. The summed E-state index contributed by atoms with van der Waals surface area (Å²) in [6, 6.07) is 10.6. The summed E-state index contributed by atoms with van der Waals surface area (Å²) < 4.78 is 5.68. The molecular weight excluding hydrogens is 184 g/mol. The van der Waals surface area contributed by atoms with E-state index in [9.17, 15) is 0 Å². The fraction of sp³-hybridized carbons (Fsp3) is 0.571. The average molecular weight is 204 g/mol. The van der Waals surface area contributed by atoms with Crippen LogP contribution in [0.1, 0.15) is 43.8 Å². The van der Waals surface area contributed by atoms with Gasteiger partial charge in [0, 0.05) is 7.11 Å². The number of hydrogen-bond acceptors (Lipinski definition) is 1. The first kappa shape index (κ1) is 10.7. The van der Waals surface area contributed by atoms with E-state index in [0.29, 0.717) is 6.10 Å². The Bertz CT molecular complexity index is 275. The van der Waals surface area contributed by atoms with Crippen molar-refractivity contribution in [2.45, 2.75) is 38.2 Å². The molecule has 0 N–H and O–H groups in total. The van der Waals surface area contributed by atoms with Crippen molar-refractivity contribution in [3.8, 4) is 0 Å². The van der Waals surface area contributed by atoms with Crippen molar-refractivity contribution in [2.24, 2.45) is 5.92 Å². The van der Waals surface area contributed by atoms with E-state index in [2.05, 4.69) is 30.3 Å². The Hall–Kier alpha value is -0.820. The molecule has 82 valence electrons. The van der Waals surface area contributed by atoms with Gasteiger partial charge < -0.3 is 4.74 Å². The monoisotopic (exact) mass is 204 g/mol. The molecule has 0 aromatic heterocycles. The van der Waals surface area contributed by atoms with Crippen molar-refractivity contribution in [1.29, 1.82) is 0 Å². The zero-order valence-corrected chi connectivity index (χ0v) is 9.49. The molecule has 0 heterocycles. The van der Waals surface area contributed by atoms with Crippen LogP contribution < -0.4 is 0 Å². The molecule has 1 aliphatic carbocycles. The van der Waals surface area contributed by atoms with Gasteiger partial charge in [-0.25, -0.2) is 0 Å². The Balaban J connectivity index is 2.09. The number of rotatable bonds is 3. The highest BCUT2D eigenvalue weighted by molar-refractivity contribution is 5.18. The van der Waals surface area contributed by atoms with Gasteiger partial charge >= 0.3 is 0 Å². The molecule has 0 radical (unpaired) electrons. The van der Waals surface area contributed by atoms with Gasteiger partial charge in [-0.1, -0.05) is 49.6 Å². The van der Waals surface area contributed by atoms with Crippen molar-refractivity contribution in [3.05, 3.63) is 35.9 Å². The summed E-state index contributed by atoms with van der Waals surface area (Å²) >= 11 is 0. The molecule has 1 fully saturated rings. The Labute approximate surface area is 92.5 Å². The molecule has 0 aliphatic heterocycles. The fourth-order valence-corrected chi connectivity index (χ4v) is 2.68. The standard InChI is InChI=1S/C14H20O/c1-15-14(12-8-4-2-5-9-12)13-10-6-3-7-11-13/h2,4-5,8-9,13-14H,3,6-7,10-11H2,1H3/t14-/m1/s1. The van der Waals surface area contributed by atoms with Crippen LogP contribution in [-0.2, 0) is 4.74 Å². The van der Waals surface area contributed by atoms with E-state index < -0.39 is 0 Å². The third-order valence-electron chi connectivity index (χ3n) is 3.46. The van der Waals surface area contributed by atoms with Crippen LogP contribution in [0.15, 0.2) is 30.3 Å². The molecule has 2 rings (SSSR count). The third-order valence-corrected chi connectivity index (χ3v) is 3.46. The highest BCUT2D eigenvalue weighted by Crippen LogP contribution is 2.36. The molecule has 15 heavy (non-hydrogen) atoms. The summed E-state index contributed by atoms with van der Waals surface area (Å²) in [7, 11) is 1.84. The zero-order chi connectivity index (χ0) is 10.5. The maximum absolute atomic E-state index is 5.68. The van der Waals surface area contributed by atoms with Crippen molar-refractivity contribution < 1.29 is 4.74 Å². The number of ether oxygens (including phenoxy) is 1. The minimum Gasteiger partial charge on any atom is -0.376 e. The lowest BCUT2D eigenvalue weighted by molar-refractivity contribution is 0.0354. The van der Waals surface area contributed by atoms with E-state index in [1.807, 2.05) is 7.11 Å². The minimum atomic E-state index is 0.312. The van der Waals surface area contributed by atoms with Crippen LogP contribution in [0, 0.1) is 5.92 Å². The molecule has 0 bridgehead atoms. The lowest BCUT2D eigenvalue weighted by Gasteiger charge is -2.29. The lowest BCUT2D eigenvalue weighted by atomic mass is 9.82. The molecular formula is C14H20O. The predicted octanol–water partition coefficient (Wildman–Crippen LogP) is 3.95. The van der Waals surface area contributed by atoms with Gasteiger partial charge in [-0.05, 0) is 24.3 Å². The molecule has 1 aromatic carbocycles. The highest BCUT2D eigenvalue weighted by atomic mass is 16.5. The van der Waals surface area contributed by atoms with Crippen LogP contribution in [0.25, 0.3) is 0 Å². The van der Waals surface area contributed by atoms with Gasteiger partial charge in [-0.2, -0.15) is 0 Å². The second-order valence-electron chi connectivity index (χ2n) is 4.47. The number of methoxy groups -OCH3 is 1. The highest BCUT2D eigenvalue weighted by Gasteiger charge is 2.24. The van der Waals surface area contributed by atoms with Gasteiger partial charge in [-0.15, -0.1) is 0 Å². The summed E-state index contributed by atoms with van der Waals surface area (Å²) in [6.45, 7) is 0. The first-order chi connectivity index (χ1) is 7.42. The molecule has 1 heteroatoms. The quantitative estimate of drug-likeness (QED) is 0.724. The Kier molecular flexibility index (Phi) is 3.79. The second-order valence-corrected chi connectivity index (χ2v) is 4.47. The van der Waals surface area contributed by atoms with E-state index in [0.717, 1.165) is 5.92 Å². The number of benzene rings is 1. The number of hydrogen-bond donors (Lipinski definition) is 0. The summed E-state index contributed by atoms with van der Waals surface area (Å²) in [5.41, 5.74) is 1.34. The van der Waals surface area contributed by atoms with E-state index in [-0.39, 0.29) is 0 Å². The molecule has 0 spiro atoms. The average Bonchev–Trinajstić information content (AvgIpc) is 2.33. The summed E-state index contributed by atoms with van der Waals surface area (Å²) in [6.07, 6.45) is 7.11. The van der Waals surface area contributed by atoms with Crippen LogP contribution in [0.4, 0.5) is 0 Å². The molecule has 0 amide bonds. The zero-order valence-electron chi connectivity index (χ0n) is 9.49. The lowest BCUT2D eigenvalue weighted by Crippen LogP contribution is -2.17. The van der Waals surface area contributed by atoms with Gasteiger partial charge in [0.15, 0.2) is 0 Å². The molecule has 0 unspecified atom stereocenters. The molecule has 1 atom stereocenters. The maximum Gasteiger partial charge on any atom is 0.0849 e. The van der Waals surface area contributed by atoms with Gasteiger partial charge in [0.05, 0.1) is 6.10 Å². The van der Waals surface area contributed by atoms with Crippen molar-refractivity contribution in [2.75, 3.05) is 7.11 Å². The van der Waals surface area contributed by atoms with Crippen LogP contribution in [0.5, 0.6) is 0 Å².